The third-order valence-electron chi connectivity index (χ3n) is 9.94. The molecular formula is C36H50F3N7O5. The molecule has 1 aliphatic carbocycles. The Morgan fingerprint density at radius 3 is 2.55 bits per heavy atom. The minimum absolute atomic E-state index is 0.0584. The molecule has 1 saturated carbocycles. The fourth-order valence-electron chi connectivity index (χ4n) is 6.44. The number of ether oxygens (including phenoxy) is 1. The van der Waals surface area contributed by atoms with Gasteiger partial charge in [0, 0.05) is 55.5 Å². The van der Waals surface area contributed by atoms with Crippen molar-refractivity contribution < 1.29 is 43.9 Å². The van der Waals surface area contributed by atoms with Gasteiger partial charge in [0.1, 0.15) is 29.7 Å². The van der Waals surface area contributed by atoms with Gasteiger partial charge in [-0.15, -0.1) is 0 Å². The molecule has 2 heterocycles. The average Bonchev–Trinajstić information content (AvgIpc) is 3.52. The van der Waals surface area contributed by atoms with Gasteiger partial charge >= 0.3 is 0 Å². The van der Waals surface area contributed by atoms with E-state index in [1.165, 1.54) is 26.2 Å². The predicted octanol–water partition coefficient (Wildman–Crippen LogP) is 4.30. The van der Waals surface area contributed by atoms with E-state index in [-0.39, 0.29) is 42.5 Å². The topological polar surface area (TPSA) is 138 Å². The Hall–Kier alpha value is -4.24. The summed E-state index contributed by atoms with van der Waals surface area (Å²) in [6, 6.07) is 2.27. The molecule has 1 aromatic heterocycles. The van der Waals surface area contributed by atoms with Crippen LogP contribution < -0.4 is 16.0 Å². The Kier molecular flexibility index (Phi) is 11.4. The van der Waals surface area contributed by atoms with Crippen molar-refractivity contribution in [2.24, 2.45) is 5.92 Å². The van der Waals surface area contributed by atoms with Crippen molar-refractivity contribution in [1.29, 1.82) is 0 Å². The van der Waals surface area contributed by atoms with Crippen LogP contribution in [0.15, 0.2) is 42.1 Å². The summed E-state index contributed by atoms with van der Waals surface area (Å²) in [7, 11) is 3.30. The Morgan fingerprint density at radius 1 is 1.12 bits per heavy atom. The Balaban J connectivity index is 1.63. The predicted molar refractivity (Wildman–Crippen MR) is 185 cm³/mol. The fourth-order valence-corrected chi connectivity index (χ4v) is 6.44. The minimum atomic E-state index is -3.24. The maximum atomic E-state index is 15.9. The molecule has 3 N–H and O–H groups in total. The summed E-state index contributed by atoms with van der Waals surface area (Å²) in [6.07, 6.45) is -0.942. The molecule has 1 aliphatic heterocycles. The summed E-state index contributed by atoms with van der Waals surface area (Å²) >= 11 is 0. The van der Waals surface area contributed by atoms with Gasteiger partial charge in [0.05, 0.1) is 8.43 Å². The number of piperazine rings is 1. The summed E-state index contributed by atoms with van der Waals surface area (Å²) in [5, 5.41) is 11.3. The lowest BCUT2D eigenvalue weighted by atomic mass is 9.89. The largest absolute Gasteiger partial charge is 0.372 e. The molecule has 6 atom stereocenters. The molecule has 1 saturated heterocycles. The van der Waals surface area contributed by atoms with Crippen molar-refractivity contribution in [3.63, 3.8) is 0 Å². The van der Waals surface area contributed by atoms with Gasteiger partial charge in [-0.05, 0) is 88.7 Å². The number of nitrogens with zero attached hydrogens (tertiary/aromatic N) is 4. The zero-order valence-corrected chi connectivity index (χ0v) is 29.5. The number of hydrogen-bond donors (Lipinski definition) is 3. The highest BCUT2D eigenvalue weighted by Gasteiger charge is 2.37. The van der Waals surface area contributed by atoms with Crippen molar-refractivity contribution >= 4 is 29.3 Å². The number of nitrogens with one attached hydrogen (secondary N) is 3. The maximum Gasteiger partial charge on any atom is 0.270 e. The second-order valence-electron chi connectivity index (χ2n) is 13.3. The highest BCUT2D eigenvalue weighted by Crippen LogP contribution is 2.33. The zero-order chi connectivity index (χ0) is 41.7. The highest BCUT2D eigenvalue weighted by atomic mass is 19.3. The number of carbonyl (C=O) groups excluding carboxylic acids is 4. The van der Waals surface area contributed by atoms with E-state index >= 15 is 4.39 Å². The standard InChI is InChI=1S/C36H50F3N7O5/c1-7-46-29(14-15-40-46)34(48)43-31(25-10-8-9-11-26(18-25)32(38)39)35(49)41-28-13-12-24(19-27(28)37)22(3)30(42-33(47)23(4)51-6)36(50)45-17-16-44(5)21(2)20-45/h12-15,19,21-23,25,30-31H,7-11,16-18,20H2,1-6H3,(H,41,49)(H,42,47)(H,43,48)/t21-,22+,23+,25+,30-,31+/m1/s1/i1D3,7D2. The number of aromatic nitrogens is 2. The number of rotatable bonds is 12. The number of aryl methyl sites for hydroxylation is 1. The van der Waals surface area contributed by atoms with Crippen molar-refractivity contribution in [3.8, 4) is 0 Å². The van der Waals surface area contributed by atoms with Crippen LogP contribution in [0.3, 0.4) is 0 Å². The summed E-state index contributed by atoms with van der Waals surface area (Å²) in [5.74, 6) is -5.57. The van der Waals surface area contributed by atoms with E-state index in [4.69, 9.17) is 11.6 Å². The monoisotopic (exact) mass is 722 g/mol. The quantitative estimate of drug-likeness (QED) is 0.278. The molecule has 51 heavy (non-hydrogen) atoms. The first kappa shape index (κ1) is 32.7. The summed E-state index contributed by atoms with van der Waals surface area (Å²) < 4.78 is 88.2. The molecule has 0 radical (unpaired) electrons. The number of amides is 4. The first-order chi connectivity index (χ1) is 26.2. The average molecular weight is 723 g/mol. The number of halogens is 3. The van der Waals surface area contributed by atoms with Crippen LogP contribution in [0.25, 0.3) is 0 Å². The smallest absolute Gasteiger partial charge is 0.270 e. The Bertz CT molecular complexity index is 1790. The minimum Gasteiger partial charge on any atom is -0.372 e. The Morgan fingerprint density at radius 2 is 1.88 bits per heavy atom. The van der Waals surface area contributed by atoms with E-state index in [9.17, 15) is 28.0 Å². The molecular weight excluding hydrogens is 667 g/mol. The van der Waals surface area contributed by atoms with Gasteiger partial charge < -0.3 is 30.5 Å². The highest BCUT2D eigenvalue weighted by molar-refractivity contribution is 6.00. The van der Waals surface area contributed by atoms with Crippen LogP contribution in [0, 0.1) is 11.7 Å². The number of benzene rings is 1. The first-order valence-corrected chi connectivity index (χ1v) is 17.0. The van der Waals surface area contributed by atoms with Gasteiger partial charge in [0.15, 0.2) is 0 Å². The number of likely N-dealkylation sites (N-methyl/N-ethyl adjacent to an activating group) is 1. The molecule has 0 spiro atoms. The molecule has 280 valence electrons. The second kappa shape index (κ2) is 17.8. The summed E-state index contributed by atoms with van der Waals surface area (Å²) in [6.45, 7) is 0.225. The number of carbonyl (C=O) groups is 4. The third-order valence-corrected chi connectivity index (χ3v) is 9.94. The van der Waals surface area contributed by atoms with Crippen LogP contribution in [0.5, 0.6) is 0 Å². The SMILES string of the molecule is [2H]C([2H])([2H])C([2H])([2H])n1nccc1C(=O)N[C@H](C(=O)Nc1ccc([C@H](C)[C@@H](NC(=O)[C@H](C)OC)C(=O)N2CCN(C)[C@H](C)C2)cc1F)[C@H]1CCCCC(=C(F)F)C1. The summed E-state index contributed by atoms with van der Waals surface area (Å²) in [5.41, 5.74) is -0.764. The van der Waals surface area contributed by atoms with Gasteiger partial charge in [-0.3, -0.25) is 23.9 Å². The van der Waals surface area contributed by atoms with Gasteiger partial charge in [-0.2, -0.15) is 13.9 Å². The van der Waals surface area contributed by atoms with Gasteiger partial charge in [-0.1, -0.05) is 19.4 Å². The van der Waals surface area contributed by atoms with E-state index in [0.29, 0.717) is 42.7 Å². The van der Waals surface area contributed by atoms with Crippen LogP contribution in [-0.2, 0) is 25.6 Å². The van der Waals surface area contributed by atoms with Crippen LogP contribution in [-0.4, -0.2) is 101 Å². The molecule has 2 fully saturated rings. The fraction of sp³-hybridized carbons (Fsp3) is 0.583. The normalized spacial score (nSPS) is 22.8. The van der Waals surface area contributed by atoms with Crippen LogP contribution in [0.1, 0.15) is 88.6 Å². The molecule has 15 heteroatoms. The van der Waals surface area contributed by atoms with Crippen LogP contribution in [0.4, 0.5) is 18.9 Å². The third kappa shape index (κ3) is 9.76. The van der Waals surface area contributed by atoms with Crippen LogP contribution >= 0.6 is 0 Å². The molecule has 1 aromatic carbocycles. The lowest BCUT2D eigenvalue weighted by Gasteiger charge is -2.40. The van der Waals surface area contributed by atoms with Gasteiger partial charge in [-0.25, -0.2) is 4.39 Å². The van der Waals surface area contributed by atoms with Gasteiger partial charge in [0.25, 0.3) is 12.0 Å². The second-order valence-corrected chi connectivity index (χ2v) is 13.3. The van der Waals surface area contributed by atoms with E-state index in [2.05, 4.69) is 25.9 Å². The van der Waals surface area contributed by atoms with Gasteiger partial charge in [0.2, 0.25) is 17.7 Å². The lowest BCUT2D eigenvalue weighted by molar-refractivity contribution is -0.141. The van der Waals surface area contributed by atoms with Crippen LogP contribution in [0.2, 0.25) is 0 Å². The number of methoxy groups -OCH3 is 1. The molecule has 0 unspecified atom stereocenters. The molecule has 12 nitrogen and oxygen atoms in total. The number of anilines is 1. The number of allylic oxidation sites excluding steroid dienone is 1. The van der Waals surface area contributed by atoms with Crippen molar-refractivity contribution in [1.82, 2.24) is 30.2 Å². The number of hydrogen-bond acceptors (Lipinski definition) is 7. The molecule has 4 amide bonds. The first-order valence-electron chi connectivity index (χ1n) is 19.5. The molecule has 2 aliphatic rings. The lowest BCUT2D eigenvalue weighted by Crippen LogP contribution is -2.58. The van der Waals surface area contributed by atoms with E-state index in [0.717, 1.165) is 18.3 Å². The van der Waals surface area contributed by atoms with Crippen molar-refractivity contribution in [2.75, 3.05) is 39.1 Å². The van der Waals surface area contributed by atoms with E-state index < -0.39 is 78.7 Å². The van der Waals surface area contributed by atoms with Crippen molar-refractivity contribution in [2.45, 2.75) is 96.4 Å². The zero-order valence-electron chi connectivity index (χ0n) is 34.5. The summed E-state index contributed by atoms with van der Waals surface area (Å²) in [4.78, 5) is 58.1. The van der Waals surface area contributed by atoms with Crippen molar-refractivity contribution in [3.05, 3.63) is 59.2 Å². The molecule has 2 aromatic rings. The van der Waals surface area contributed by atoms with E-state index in [1.807, 2.05) is 14.0 Å². The molecule has 4 rings (SSSR count). The molecule has 0 bridgehead atoms. The maximum absolute atomic E-state index is 15.9. The Labute approximate surface area is 304 Å². The van der Waals surface area contributed by atoms with E-state index in [1.54, 1.807) is 11.8 Å².